The van der Waals surface area contributed by atoms with Gasteiger partial charge in [0.2, 0.25) is 5.91 Å². The highest BCUT2D eigenvalue weighted by Gasteiger charge is 2.52. The second kappa shape index (κ2) is 7.86. The fraction of sp³-hybridized carbons (Fsp3) is 0.458. The molecule has 1 spiro atoms. The number of para-hydroxylation sites is 3. The normalized spacial score (nSPS) is 21.5. The Hall–Kier alpha value is -2.49. The summed E-state index contributed by atoms with van der Waals surface area (Å²) in [5.41, 5.74) is 2.61. The number of fused-ring (bicyclic) bond motifs is 1. The van der Waals surface area contributed by atoms with Crippen LogP contribution in [-0.4, -0.2) is 16.6 Å². The van der Waals surface area contributed by atoms with Crippen molar-refractivity contribution in [3.05, 3.63) is 54.1 Å². The van der Waals surface area contributed by atoms with E-state index in [4.69, 9.17) is 0 Å². The standard InChI is InChI=1S/C24H30N2O2/c1-18(27)26-21-14-8-6-12-19(21)23(25-20-13-7-9-15-22(20)28)24(26)16-10-4-2-3-5-11-17-24/h6-9,12-15,23,25,28H,2-5,10-11,16-17H2,1H3. The summed E-state index contributed by atoms with van der Waals surface area (Å²) >= 11 is 0. The Labute approximate surface area is 167 Å². The van der Waals surface area contributed by atoms with E-state index in [2.05, 4.69) is 22.3 Å². The van der Waals surface area contributed by atoms with Gasteiger partial charge in [-0.15, -0.1) is 0 Å². The van der Waals surface area contributed by atoms with E-state index in [1.165, 1.54) is 25.7 Å². The molecule has 1 aliphatic carbocycles. The Balaban J connectivity index is 1.83. The van der Waals surface area contributed by atoms with Crippen LogP contribution < -0.4 is 10.2 Å². The summed E-state index contributed by atoms with van der Waals surface area (Å²) in [6.45, 7) is 1.69. The maximum atomic E-state index is 12.9. The number of anilines is 2. The van der Waals surface area contributed by atoms with Crippen molar-refractivity contribution in [1.29, 1.82) is 0 Å². The molecule has 2 aromatic carbocycles. The first-order valence-corrected chi connectivity index (χ1v) is 10.6. The summed E-state index contributed by atoms with van der Waals surface area (Å²) in [7, 11) is 0. The first-order chi connectivity index (χ1) is 13.6. The average molecular weight is 379 g/mol. The van der Waals surface area contributed by atoms with E-state index in [0.717, 1.165) is 42.6 Å². The number of rotatable bonds is 2. The van der Waals surface area contributed by atoms with Gasteiger partial charge in [-0.2, -0.15) is 0 Å². The Morgan fingerprint density at radius 3 is 2.25 bits per heavy atom. The second-order valence-electron chi connectivity index (χ2n) is 8.23. The Morgan fingerprint density at radius 1 is 0.964 bits per heavy atom. The molecule has 0 aromatic heterocycles. The lowest BCUT2D eigenvalue weighted by atomic mass is 9.79. The van der Waals surface area contributed by atoms with Crippen LogP contribution in [0.15, 0.2) is 48.5 Å². The molecule has 0 radical (unpaired) electrons. The number of aromatic hydroxyl groups is 1. The van der Waals surface area contributed by atoms with Crippen LogP contribution in [0.5, 0.6) is 5.75 Å². The van der Waals surface area contributed by atoms with E-state index in [9.17, 15) is 9.90 Å². The van der Waals surface area contributed by atoms with Crippen LogP contribution in [-0.2, 0) is 4.79 Å². The molecule has 2 aliphatic rings. The Kier molecular flexibility index (Phi) is 5.29. The van der Waals surface area contributed by atoms with E-state index in [-0.39, 0.29) is 23.2 Å². The SMILES string of the molecule is CC(=O)N1c2ccccc2C(Nc2ccccc2O)C12CCCCCCCC2. The molecular weight excluding hydrogens is 348 g/mol. The van der Waals surface area contributed by atoms with Crippen molar-refractivity contribution in [2.45, 2.75) is 69.9 Å². The van der Waals surface area contributed by atoms with E-state index < -0.39 is 0 Å². The van der Waals surface area contributed by atoms with E-state index >= 15 is 0 Å². The summed E-state index contributed by atoms with van der Waals surface area (Å²) in [6.07, 6.45) is 9.19. The number of nitrogens with zero attached hydrogens (tertiary/aromatic N) is 1. The van der Waals surface area contributed by atoms with Gasteiger partial charge in [0.25, 0.3) is 0 Å². The first kappa shape index (κ1) is 18.9. The number of benzene rings is 2. The highest BCUT2D eigenvalue weighted by Crippen LogP contribution is 2.53. The van der Waals surface area contributed by atoms with Crippen LogP contribution in [0.25, 0.3) is 0 Å². The van der Waals surface area contributed by atoms with Crippen molar-refractivity contribution in [3.8, 4) is 5.75 Å². The number of carbonyl (C=O) groups excluding carboxylic acids is 1. The zero-order chi connectivity index (χ0) is 19.6. The van der Waals surface area contributed by atoms with Crippen LogP contribution in [0.3, 0.4) is 0 Å². The monoisotopic (exact) mass is 378 g/mol. The van der Waals surface area contributed by atoms with Crippen LogP contribution >= 0.6 is 0 Å². The van der Waals surface area contributed by atoms with Gasteiger partial charge in [0.1, 0.15) is 5.75 Å². The van der Waals surface area contributed by atoms with Crippen LogP contribution in [0.1, 0.15) is 69.9 Å². The van der Waals surface area contributed by atoms with E-state index in [1.807, 2.05) is 30.3 Å². The van der Waals surface area contributed by atoms with Gasteiger partial charge in [-0.3, -0.25) is 4.79 Å². The summed E-state index contributed by atoms with van der Waals surface area (Å²) in [5.74, 6) is 0.354. The van der Waals surface area contributed by atoms with Gasteiger partial charge in [-0.25, -0.2) is 0 Å². The minimum Gasteiger partial charge on any atom is -0.506 e. The molecule has 0 bridgehead atoms. The van der Waals surface area contributed by atoms with Gasteiger partial charge >= 0.3 is 0 Å². The van der Waals surface area contributed by atoms with Crippen molar-refractivity contribution < 1.29 is 9.90 Å². The number of phenolic OH excluding ortho intramolecular Hbond substituents is 1. The molecule has 0 saturated heterocycles. The van der Waals surface area contributed by atoms with Crippen LogP contribution in [0.2, 0.25) is 0 Å². The van der Waals surface area contributed by atoms with E-state index in [0.29, 0.717) is 0 Å². The number of amides is 1. The molecule has 1 unspecified atom stereocenters. The summed E-state index contributed by atoms with van der Waals surface area (Å²) in [6, 6.07) is 15.6. The maximum absolute atomic E-state index is 12.9. The quantitative estimate of drug-likeness (QED) is 0.651. The topological polar surface area (TPSA) is 52.6 Å². The van der Waals surface area contributed by atoms with E-state index in [1.54, 1.807) is 13.0 Å². The molecule has 4 nitrogen and oxygen atoms in total. The van der Waals surface area contributed by atoms with Gasteiger partial charge in [-0.05, 0) is 31.0 Å². The molecule has 2 aromatic rings. The second-order valence-corrected chi connectivity index (χ2v) is 8.23. The lowest BCUT2D eigenvalue weighted by Crippen LogP contribution is -2.53. The van der Waals surface area contributed by atoms with Gasteiger partial charge in [0.15, 0.2) is 0 Å². The fourth-order valence-corrected chi connectivity index (χ4v) is 5.25. The number of hydrogen-bond donors (Lipinski definition) is 2. The zero-order valence-corrected chi connectivity index (χ0v) is 16.7. The summed E-state index contributed by atoms with van der Waals surface area (Å²) < 4.78 is 0. The molecule has 148 valence electrons. The fourth-order valence-electron chi connectivity index (χ4n) is 5.25. The highest BCUT2D eigenvalue weighted by molar-refractivity contribution is 5.96. The van der Waals surface area contributed by atoms with Gasteiger partial charge in [-0.1, -0.05) is 68.9 Å². The molecule has 4 heteroatoms. The van der Waals surface area contributed by atoms with Crippen molar-refractivity contribution in [2.24, 2.45) is 0 Å². The van der Waals surface area contributed by atoms with Crippen molar-refractivity contribution >= 4 is 17.3 Å². The molecular formula is C24H30N2O2. The Morgan fingerprint density at radius 2 is 1.57 bits per heavy atom. The number of nitrogens with one attached hydrogen (secondary N) is 1. The molecule has 1 heterocycles. The molecule has 28 heavy (non-hydrogen) atoms. The zero-order valence-electron chi connectivity index (χ0n) is 16.7. The molecule has 1 amide bonds. The Bertz CT molecular complexity index is 838. The average Bonchev–Trinajstić information content (AvgIpc) is 3.01. The number of phenols is 1. The smallest absolute Gasteiger partial charge is 0.224 e. The van der Waals surface area contributed by atoms with Crippen LogP contribution in [0, 0.1) is 0 Å². The van der Waals surface area contributed by atoms with Gasteiger partial charge in [0.05, 0.1) is 17.3 Å². The van der Waals surface area contributed by atoms with Gasteiger partial charge in [0, 0.05) is 18.2 Å². The summed E-state index contributed by atoms with van der Waals surface area (Å²) in [4.78, 5) is 14.9. The summed E-state index contributed by atoms with van der Waals surface area (Å²) in [5, 5.41) is 14.0. The largest absolute Gasteiger partial charge is 0.506 e. The number of carbonyl (C=O) groups is 1. The third-order valence-corrected chi connectivity index (χ3v) is 6.46. The van der Waals surface area contributed by atoms with Gasteiger partial charge < -0.3 is 15.3 Å². The predicted molar refractivity (Wildman–Crippen MR) is 114 cm³/mol. The third-order valence-electron chi connectivity index (χ3n) is 6.46. The minimum atomic E-state index is -0.290. The van der Waals surface area contributed by atoms with Crippen molar-refractivity contribution in [1.82, 2.24) is 0 Å². The molecule has 1 aliphatic heterocycles. The predicted octanol–water partition coefficient (Wildman–Crippen LogP) is 5.79. The maximum Gasteiger partial charge on any atom is 0.224 e. The minimum absolute atomic E-state index is 0.0287. The molecule has 1 fully saturated rings. The van der Waals surface area contributed by atoms with Crippen molar-refractivity contribution in [2.75, 3.05) is 10.2 Å². The van der Waals surface area contributed by atoms with Crippen molar-refractivity contribution in [3.63, 3.8) is 0 Å². The molecule has 4 rings (SSSR count). The molecule has 1 atom stereocenters. The number of hydrogen-bond acceptors (Lipinski definition) is 3. The highest BCUT2D eigenvalue weighted by atomic mass is 16.3. The molecule has 1 saturated carbocycles. The third kappa shape index (κ3) is 3.25. The lowest BCUT2D eigenvalue weighted by Gasteiger charge is -2.43. The van der Waals surface area contributed by atoms with Crippen LogP contribution in [0.4, 0.5) is 11.4 Å². The lowest BCUT2D eigenvalue weighted by molar-refractivity contribution is -0.117. The first-order valence-electron chi connectivity index (χ1n) is 10.6. The molecule has 2 N–H and O–H groups in total.